The maximum Gasteiger partial charge on any atom is 0.416 e. The number of aromatic nitrogens is 4. The van der Waals surface area contributed by atoms with Crippen molar-refractivity contribution in [2.45, 2.75) is 77.0 Å². The zero-order valence-electron chi connectivity index (χ0n) is 26.3. The van der Waals surface area contributed by atoms with E-state index in [0.29, 0.717) is 34.9 Å². The Bertz CT molecular complexity index is 1520. The second-order valence-corrected chi connectivity index (χ2v) is 12.4. The summed E-state index contributed by atoms with van der Waals surface area (Å²) in [6.07, 6.45) is 1.82. The van der Waals surface area contributed by atoms with Crippen LogP contribution >= 0.6 is 11.8 Å². The number of pyridine rings is 1. The molecule has 0 spiro atoms. The number of H-pyrrole nitrogens is 1. The van der Waals surface area contributed by atoms with E-state index in [2.05, 4.69) is 15.0 Å². The van der Waals surface area contributed by atoms with E-state index in [9.17, 15) is 19.2 Å². The monoisotopic (exact) mass is 632 g/mol. The van der Waals surface area contributed by atoms with Crippen molar-refractivity contribution in [3.63, 3.8) is 0 Å². The third-order valence-corrected chi connectivity index (χ3v) is 6.83. The predicted molar refractivity (Wildman–Crippen MR) is 165 cm³/mol. The Morgan fingerprint density at radius 2 is 1.84 bits per heavy atom. The molecule has 0 saturated carbocycles. The second-order valence-electron chi connectivity index (χ2n) is 11.1. The van der Waals surface area contributed by atoms with Crippen LogP contribution in [-0.4, -0.2) is 87.0 Å². The van der Waals surface area contributed by atoms with Crippen LogP contribution in [0.3, 0.4) is 0 Å². The zero-order chi connectivity index (χ0) is 32.6. The first-order valence-electron chi connectivity index (χ1n) is 14.0. The molecular weight excluding hydrogens is 592 g/mol. The number of carbonyl (C=O) groups is 3. The van der Waals surface area contributed by atoms with Crippen LogP contribution in [0.4, 0.5) is 15.4 Å². The van der Waals surface area contributed by atoms with Gasteiger partial charge < -0.3 is 33.4 Å². The molecule has 44 heavy (non-hydrogen) atoms. The normalized spacial score (nSPS) is 12.2. The van der Waals surface area contributed by atoms with Crippen LogP contribution in [0.2, 0.25) is 0 Å². The molecule has 0 fully saturated rings. The predicted octanol–water partition coefficient (Wildman–Crippen LogP) is 4.17. The summed E-state index contributed by atoms with van der Waals surface area (Å²) in [7, 11) is 2.91. The minimum atomic E-state index is -0.737. The van der Waals surface area contributed by atoms with Crippen molar-refractivity contribution >= 4 is 46.8 Å². The van der Waals surface area contributed by atoms with Crippen LogP contribution in [0.1, 0.15) is 47.1 Å². The molecule has 2 amide bonds. The smallest absolute Gasteiger partial charge is 0.416 e. The van der Waals surface area contributed by atoms with Gasteiger partial charge in [-0.2, -0.15) is 4.98 Å². The fourth-order valence-electron chi connectivity index (χ4n) is 3.88. The summed E-state index contributed by atoms with van der Waals surface area (Å²) in [5.41, 5.74) is -0.375. The van der Waals surface area contributed by atoms with Crippen LogP contribution in [0, 0.1) is 0 Å². The lowest BCUT2D eigenvalue weighted by molar-refractivity contribution is -0.145. The molecule has 0 aromatic carbocycles. The minimum Gasteiger partial charge on any atom is -0.459 e. The number of ether oxygens (including phenoxy) is 4. The van der Waals surface area contributed by atoms with E-state index in [1.165, 1.54) is 25.2 Å². The lowest BCUT2D eigenvalue weighted by atomic mass is 10.2. The summed E-state index contributed by atoms with van der Waals surface area (Å²) in [6.45, 7) is 11.0. The SMILES string of the molecule is CC(C)OCCn1c(SC(C)OC(=O)N(C)c2ncccc2COC(=O)CN(C)C(=O)OC(C)(C)C)nc(=O)c2[nH]ccc21. The van der Waals surface area contributed by atoms with Crippen LogP contribution in [0.15, 0.2) is 40.5 Å². The molecule has 0 saturated heterocycles. The summed E-state index contributed by atoms with van der Waals surface area (Å²) in [4.78, 5) is 64.0. The van der Waals surface area contributed by atoms with E-state index in [1.54, 1.807) is 52.1 Å². The highest BCUT2D eigenvalue weighted by atomic mass is 32.2. The number of hydrogen-bond acceptors (Lipinski definition) is 11. The largest absolute Gasteiger partial charge is 0.459 e. The molecule has 3 aromatic heterocycles. The van der Waals surface area contributed by atoms with Gasteiger partial charge in [0.15, 0.2) is 10.6 Å². The summed E-state index contributed by atoms with van der Waals surface area (Å²) in [5, 5.41) is 0.374. The molecule has 1 unspecified atom stereocenters. The molecule has 0 aliphatic heterocycles. The van der Waals surface area contributed by atoms with Crippen molar-refractivity contribution in [2.24, 2.45) is 0 Å². The van der Waals surface area contributed by atoms with Gasteiger partial charge in [-0.25, -0.2) is 14.6 Å². The Labute approximate surface area is 260 Å². The number of likely N-dealkylation sites (N-methyl/N-ethyl adjacent to an activating group) is 1. The Kier molecular flexibility index (Phi) is 11.8. The van der Waals surface area contributed by atoms with Crippen LogP contribution in [0.5, 0.6) is 0 Å². The number of nitrogens with one attached hydrogen (secondary N) is 1. The zero-order valence-corrected chi connectivity index (χ0v) is 27.1. The lowest BCUT2D eigenvalue weighted by Gasteiger charge is -2.24. The second kappa shape index (κ2) is 15.1. The van der Waals surface area contributed by atoms with Gasteiger partial charge in [0.25, 0.3) is 5.56 Å². The highest BCUT2D eigenvalue weighted by Crippen LogP contribution is 2.26. The number of aromatic amines is 1. The van der Waals surface area contributed by atoms with Crippen LogP contribution in [0.25, 0.3) is 11.0 Å². The number of anilines is 1. The number of hydrogen-bond donors (Lipinski definition) is 1. The summed E-state index contributed by atoms with van der Waals surface area (Å²) < 4.78 is 23.8. The number of nitrogens with zero attached hydrogens (tertiary/aromatic N) is 5. The quantitative estimate of drug-likeness (QED) is 0.100. The molecule has 15 heteroatoms. The van der Waals surface area contributed by atoms with Gasteiger partial charge in [-0.3, -0.25) is 14.5 Å². The van der Waals surface area contributed by atoms with Crippen molar-refractivity contribution in [3.8, 4) is 0 Å². The Morgan fingerprint density at radius 3 is 2.52 bits per heavy atom. The molecule has 1 atom stereocenters. The Hall–Kier alpha value is -4.11. The first-order chi connectivity index (χ1) is 20.7. The average molecular weight is 633 g/mol. The maximum absolute atomic E-state index is 13.1. The lowest BCUT2D eigenvalue weighted by Crippen LogP contribution is -2.37. The molecule has 0 aliphatic carbocycles. The van der Waals surface area contributed by atoms with Gasteiger partial charge in [0.05, 0.1) is 18.2 Å². The van der Waals surface area contributed by atoms with E-state index in [0.717, 1.165) is 16.7 Å². The number of fused-ring (bicyclic) bond motifs is 1. The van der Waals surface area contributed by atoms with E-state index < -0.39 is 34.8 Å². The topological polar surface area (TPSA) is 158 Å². The molecular formula is C29H40N6O8S. The van der Waals surface area contributed by atoms with Crippen molar-refractivity contribution < 1.29 is 33.3 Å². The fraction of sp³-hybridized carbons (Fsp3) is 0.517. The molecule has 0 aliphatic rings. The molecule has 3 aromatic rings. The molecule has 14 nitrogen and oxygen atoms in total. The first-order valence-corrected chi connectivity index (χ1v) is 14.9. The molecule has 3 rings (SSSR count). The average Bonchev–Trinajstić information content (AvgIpc) is 3.43. The fourth-order valence-corrected chi connectivity index (χ4v) is 4.76. The third kappa shape index (κ3) is 9.71. The van der Waals surface area contributed by atoms with Crippen molar-refractivity contribution in [3.05, 3.63) is 46.5 Å². The van der Waals surface area contributed by atoms with Gasteiger partial charge in [0.1, 0.15) is 30.1 Å². The summed E-state index contributed by atoms with van der Waals surface area (Å²) >= 11 is 1.11. The number of carbonyl (C=O) groups excluding carboxylic acids is 3. The van der Waals surface area contributed by atoms with Gasteiger partial charge in [-0.1, -0.05) is 6.07 Å². The molecule has 240 valence electrons. The first kappa shape index (κ1) is 34.4. The number of esters is 1. The molecule has 0 radical (unpaired) electrons. The van der Waals surface area contributed by atoms with E-state index >= 15 is 0 Å². The van der Waals surface area contributed by atoms with Gasteiger partial charge >= 0.3 is 18.2 Å². The van der Waals surface area contributed by atoms with Gasteiger partial charge in [0, 0.05) is 38.6 Å². The van der Waals surface area contributed by atoms with Crippen molar-refractivity contribution in [1.29, 1.82) is 0 Å². The summed E-state index contributed by atoms with van der Waals surface area (Å²) in [5.74, 6) is -0.447. The standard InChI is InChI=1S/C29H40N6O8S/c1-18(2)40-15-14-35-21-11-13-30-23(21)25(37)32-26(35)44-19(3)42-28(39)34(8)24-20(10-9-12-31-24)17-41-22(36)16-33(7)27(38)43-29(4,5)6/h9-13,18-19,30H,14-17H2,1-8H3. The number of amides is 2. The molecule has 1 N–H and O–H groups in total. The minimum absolute atomic E-state index is 0.0363. The Morgan fingerprint density at radius 1 is 1.11 bits per heavy atom. The van der Waals surface area contributed by atoms with Gasteiger partial charge in [0.2, 0.25) is 0 Å². The van der Waals surface area contributed by atoms with Gasteiger partial charge in [-0.05, 0) is 65.4 Å². The van der Waals surface area contributed by atoms with E-state index in [4.69, 9.17) is 18.9 Å². The Balaban J connectivity index is 1.65. The number of thioether (sulfide) groups is 1. The van der Waals surface area contributed by atoms with Crippen molar-refractivity contribution in [1.82, 2.24) is 24.4 Å². The van der Waals surface area contributed by atoms with E-state index in [1.807, 2.05) is 18.4 Å². The highest BCUT2D eigenvalue weighted by Gasteiger charge is 2.24. The van der Waals surface area contributed by atoms with Gasteiger partial charge in [-0.15, -0.1) is 0 Å². The maximum atomic E-state index is 13.1. The highest BCUT2D eigenvalue weighted by molar-refractivity contribution is 7.99. The number of rotatable bonds is 12. The van der Waals surface area contributed by atoms with Crippen LogP contribution in [-0.2, 0) is 36.9 Å². The molecule has 0 bridgehead atoms. The van der Waals surface area contributed by atoms with Crippen LogP contribution < -0.4 is 10.5 Å². The van der Waals surface area contributed by atoms with E-state index in [-0.39, 0.29) is 25.1 Å². The third-order valence-electron chi connectivity index (χ3n) is 5.88. The van der Waals surface area contributed by atoms with Crippen molar-refractivity contribution in [2.75, 3.05) is 32.1 Å². The summed E-state index contributed by atoms with van der Waals surface area (Å²) in [6, 6.07) is 5.08. The molecule has 3 heterocycles.